The number of carbonyl (C=O) groups is 1. The third-order valence-electron chi connectivity index (χ3n) is 3.16. The second kappa shape index (κ2) is 8.43. The van der Waals surface area contributed by atoms with Crippen LogP contribution in [0.15, 0.2) is 24.3 Å². The van der Waals surface area contributed by atoms with Gasteiger partial charge in [-0.25, -0.2) is 4.79 Å². The molecule has 0 aliphatic rings. The van der Waals surface area contributed by atoms with Gasteiger partial charge >= 0.3 is 6.03 Å². The van der Waals surface area contributed by atoms with Crippen molar-refractivity contribution in [3.8, 4) is 5.75 Å². The van der Waals surface area contributed by atoms with Crippen molar-refractivity contribution in [2.24, 2.45) is 0 Å². The minimum absolute atomic E-state index is 0.000808. The molecule has 1 rings (SSSR count). The lowest BCUT2D eigenvalue weighted by Crippen LogP contribution is -2.46. The quantitative estimate of drug-likeness (QED) is 0.614. The molecule has 0 saturated heterocycles. The van der Waals surface area contributed by atoms with E-state index in [0.29, 0.717) is 12.8 Å². The molecule has 20 heavy (non-hydrogen) atoms. The molecule has 112 valence electrons. The highest BCUT2D eigenvalue weighted by molar-refractivity contribution is 5.74. The normalized spacial score (nSPS) is 13.6. The third-order valence-corrected chi connectivity index (χ3v) is 3.16. The van der Waals surface area contributed by atoms with E-state index < -0.39 is 0 Å². The smallest absolute Gasteiger partial charge is 0.315 e. The average Bonchev–Trinajstić information content (AvgIpc) is 2.40. The molecule has 0 fully saturated rings. The van der Waals surface area contributed by atoms with Crippen LogP contribution >= 0.6 is 0 Å². The van der Waals surface area contributed by atoms with Crippen molar-refractivity contribution >= 4 is 6.03 Å². The predicted octanol–water partition coefficient (Wildman–Crippen LogP) is 1.78. The van der Waals surface area contributed by atoms with Crippen LogP contribution in [-0.4, -0.2) is 34.9 Å². The van der Waals surface area contributed by atoms with Crippen LogP contribution in [0.5, 0.6) is 5.75 Å². The van der Waals surface area contributed by atoms with Crippen LogP contribution in [0.3, 0.4) is 0 Å². The van der Waals surface area contributed by atoms with Crippen LogP contribution in [0.2, 0.25) is 0 Å². The molecule has 0 spiro atoms. The van der Waals surface area contributed by atoms with Crippen molar-refractivity contribution in [3.05, 3.63) is 29.8 Å². The van der Waals surface area contributed by atoms with Gasteiger partial charge in [0.05, 0.1) is 0 Å². The Hall–Kier alpha value is -1.75. The summed E-state index contributed by atoms with van der Waals surface area (Å²) in [6.07, 6.45) is 2.06. The molecule has 0 aliphatic heterocycles. The van der Waals surface area contributed by atoms with Crippen molar-refractivity contribution in [1.82, 2.24) is 10.6 Å². The number of rotatable bonds is 7. The Morgan fingerprint density at radius 2 is 1.90 bits per heavy atom. The SMILES string of the molecule is CCC(CCO)NC(=O)NC(C)Cc1ccc(O)cc1. The highest BCUT2D eigenvalue weighted by Crippen LogP contribution is 2.11. The topological polar surface area (TPSA) is 81.6 Å². The first kappa shape index (κ1) is 16.3. The van der Waals surface area contributed by atoms with Crippen LogP contribution in [0.25, 0.3) is 0 Å². The van der Waals surface area contributed by atoms with E-state index in [1.54, 1.807) is 12.1 Å². The largest absolute Gasteiger partial charge is 0.508 e. The number of carbonyl (C=O) groups excluding carboxylic acids is 1. The van der Waals surface area contributed by atoms with Crippen molar-refractivity contribution in [1.29, 1.82) is 0 Å². The first-order chi connectivity index (χ1) is 9.55. The Balaban J connectivity index is 2.39. The Morgan fingerprint density at radius 1 is 1.25 bits per heavy atom. The summed E-state index contributed by atoms with van der Waals surface area (Å²) in [6.45, 7) is 3.97. The minimum atomic E-state index is -0.212. The molecule has 1 aromatic carbocycles. The molecule has 0 aliphatic carbocycles. The fraction of sp³-hybridized carbons (Fsp3) is 0.533. The van der Waals surface area contributed by atoms with Gasteiger partial charge in [0.2, 0.25) is 0 Å². The highest BCUT2D eigenvalue weighted by Gasteiger charge is 2.12. The number of aromatic hydroxyl groups is 1. The second-order valence-corrected chi connectivity index (χ2v) is 5.01. The van der Waals surface area contributed by atoms with Crippen molar-refractivity contribution in [2.45, 2.75) is 45.2 Å². The zero-order valence-electron chi connectivity index (χ0n) is 12.1. The van der Waals surface area contributed by atoms with Gasteiger partial charge in [0.15, 0.2) is 0 Å². The Kier molecular flexibility index (Phi) is 6.87. The Bertz CT molecular complexity index is 406. The first-order valence-corrected chi connectivity index (χ1v) is 7.01. The zero-order chi connectivity index (χ0) is 15.0. The van der Waals surface area contributed by atoms with E-state index in [9.17, 15) is 9.90 Å². The lowest BCUT2D eigenvalue weighted by molar-refractivity contribution is 0.225. The zero-order valence-corrected chi connectivity index (χ0v) is 12.1. The van der Waals surface area contributed by atoms with Crippen LogP contribution in [0.1, 0.15) is 32.3 Å². The molecule has 4 N–H and O–H groups in total. The van der Waals surface area contributed by atoms with Gasteiger partial charge in [-0.1, -0.05) is 19.1 Å². The molecule has 2 atom stereocenters. The minimum Gasteiger partial charge on any atom is -0.508 e. The number of nitrogens with one attached hydrogen (secondary N) is 2. The van der Waals surface area contributed by atoms with Crippen molar-refractivity contribution in [3.63, 3.8) is 0 Å². The maximum absolute atomic E-state index is 11.8. The number of phenolic OH excluding ortho intramolecular Hbond substituents is 1. The van der Waals surface area contributed by atoms with Crippen LogP contribution in [-0.2, 0) is 6.42 Å². The summed E-state index contributed by atoms with van der Waals surface area (Å²) < 4.78 is 0. The number of phenols is 1. The van der Waals surface area contributed by atoms with E-state index in [4.69, 9.17) is 5.11 Å². The number of amides is 2. The van der Waals surface area contributed by atoms with Crippen LogP contribution in [0, 0.1) is 0 Å². The highest BCUT2D eigenvalue weighted by atomic mass is 16.3. The molecular formula is C15H24N2O3. The molecule has 2 amide bonds. The van der Waals surface area contributed by atoms with Crippen LogP contribution in [0.4, 0.5) is 4.79 Å². The molecular weight excluding hydrogens is 256 g/mol. The van der Waals surface area contributed by atoms with Gasteiger partial charge < -0.3 is 20.8 Å². The monoisotopic (exact) mass is 280 g/mol. The fourth-order valence-corrected chi connectivity index (χ4v) is 2.02. The maximum atomic E-state index is 11.8. The molecule has 0 bridgehead atoms. The first-order valence-electron chi connectivity index (χ1n) is 7.01. The fourth-order valence-electron chi connectivity index (χ4n) is 2.02. The average molecular weight is 280 g/mol. The van der Waals surface area contributed by atoms with Gasteiger partial charge in [0, 0.05) is 18.7 Å². The summed E-state index contributed by atoms with van der Waals surface area (Å²) in [5.74, 6) is 0.238. The van der Waals surface area contributed by atoms with E-state index in [-0.39, 0.29) is 30.5 Å². The lowest BCUT2D eigenvalue weighted by atomic mass is 10.1. The summed E-state index contributed by atoms with van der Waals surface area (Å²) >= 11 is 0. The molecule has 1 aromatic rings. The number of urea groups is 1. The second-order valence-electron chi connectivity index (χ2n) is 5.01. The number of benzene rings is 1. The van der Waals surface area contributed by atoms with Crippen molar-refractivity contribution in [2.75, 3.05) is 6.61 Å². The van der Waals surface area contributed by atoms with Crippen LogP contribution < -0.4 is 10.6 Å². The van der Waals surface area contributed by atoms with Crippen molar-refractivity contribution < 1.29 is 15.0 Å². The number of hydrogen-bond acceptors (Lipinski definition) is 3. The van der Waals surface area contributed by atoms with E-state index in [2.05, 4.69) is 10.6 Å². The molecule has 0 aromatic heterocycles. The number of aliphatic hydroxyl groups excluding tert-OH is 1. The van der Waals surface area contributed by atoms with E-state index in [1.165, 1.54) is 0 Å². The summed E-state index contributed by atoms with van der Waals surface area (Å²) in [6, 6.07) is 6.73. The number of hydrogen-bond donors (Lipinski definition) is 4. The molecule has 0 radical (unpaired) electrons. The third kappa shape index (κ3) is 5.93. The van der Waals surface area contributed by atoms with E-state index in [0.717, 1.165) is 12.0 Å². The summed E-state index contributed by atoms with van der Waals surface area (Å²) in [5, 5.41) is 23.8. The standard InChI is InChI=1S/C15H24N2O3/c1-3-13(8-9-18)17-15(20)16-11(2)10-12-4-6-14(19)7-5-12/h4-7,11,13,18-19H,3,8-10H2,1-2H3,(H2,16,17,20). The van der Waals surface area contributed by atoms with E-state index >= 15 is 0 Å². The predicted molar refractivity (Wildman–Crippen MR) is 78.7 cm³/mol. The maximum Gasteiger partial charge on any atom is 0.315 e. The molecule has 5 nitrogen and oxygen atoms in total. The van der Waals surface area contributed by atoms with Gasteiger partial charge in [0.25, 0.3) is 0 Å². The van der Waals surface area contributed by atoms with Gasteiger partial charge in [-0.15, -0.1) is 0 Å². The van der Waals surface area contributed by atoms with E-state index in [1.807, 2.05) is 26.0 Å². The summed E-state index contributed by atoms with van der Waals surface area (Å²) in [4.78, 5) is 11.8. The van der Waals surface area contributed by atoms with Gasteiger partial charge in [-0.05, 0) is 43.9 Å². The summed E-state index contributed by atoms with van der Waals surface area (Å²) in [7, 11) is 0. The van der Waals surface area contributed by atoms with Gasteiger partial charge in [-0.2, -0.15) is 0 Å². The Labute approximate surface area is 120 Å². The van der Waals surface area contributed by atoms with Gasteiger partial charge in [0.1, 0.15) is 5.75 Å². The lowest BCUT2D eigenvalue weighted by Gasteiger charge is -2.19. The van der Waals surface area contributed by atoms with Gasteiger partial charge in [-0.3, -0.25) is 0 Å². The summed E-state index contributed by atoms with van der Waals surface area (Å²) in [5.41, 5.74) is 1.05. The molecule has 0 saturated carbocycles. The molecule has 5 heteroatoms. The molecule has 2 unspecified atom stereocenters. The Morgan fingerprint density at radius 3 is 2.45 bits per heavy atom. The number of aliphatic hydroxyl groups is 1. The molecule has 0 heterocycles.